The van der Waals surface area contributed by atoms with Crippen LogP contribution in [0.5, 0.6) is 0 Å². The van der Waals surface area contributed by atoms with E-state index in [1.54, 1.807) is 0 Å². The van der Waals surface area contributed by atoms with Crippen molar-refractivity contribution in [2.75, 3.05) is 5.32 Å². The predicted octanol–water partition coefficient (Wildman–Crippen LogP) is 3.24. The summed E-state index contributed by atoms with van der Waals surface area (Å²) in [5.41, 5.74) is 2.16. The zero-order chi connectivity index (χ0) is 13.7. The van der Waals surface area contributed by atoms with Crippen molar-refractivity contribution >= 4 is 5.95 Å². The third-order valence-corrected chi connectivity index (χ3v) is 3.07. The Labute approximate surface area is 114 Å². The standard InChI is InChI=1S/C15H20N4/c1-4-12-9-17-15(18-10-12)19-14(11(2)3)13-7-5-6-8-16-13/h5-11,14H,4H2,1-3H3,(H,17,18,19)/t14-/m1/s1. The average molecular weight is 256 g/mol. The first kappa shape index (κ1) is 13.5. The molecule has 0 aliphatic heterocycles. The Morgan fingerprint density at radius 2 is 1.84 bits per heavy atom. The van der Waals surface area contributed by atoms with Gasteiger partial charge in [-0.1, -0.05) is 26.8 Å². The van der Waals surface area contributed by atoms with Crippen molar-refractivity contribution in [3.8, 4) is 0 Å². The normalized spacial score (nSPS) is 12.4. The van der Waals surface area contributed by atoms with E-state index in [-0.39, 0.29) is 6.04 Å². The van der Waals surface area contributed by atoms with E-state index in [0.29, 0.717) is 11.9 Å². The van der Waals surface area contributed by atoms with Gasteiger partial charge in [-0.3, -0.25) is 4.98 Å². The Morgan fingerprint density at radius 1 is 1.11 bits per heavy atom. The van der Waals surface area contributed by atoms with Crippen LogP contribution in [-0.2, 0) is 6.42 Å². The number of nitrogens with one attached hydrogen (secondary N) is 1. The maximum Gasteiger partial charge on any atom is 0.223 e. The number of pyridine rings is 1. The summed E-state index contributed by atoms with van der Waals surface area (Å²) in [5, 5.41) is 3.36. The van der Waals surface area contributed by atoms with Gasteiger partial charge in [0.2, 0.25) is 5.95 Å². The summed E-state index contributed by atoms with van der Waals surface area (Å²) in [4.78, 5) is 13.1. The van der Waals surface area contributed by atoms with Crippen molar-refractivity contribution in [1.82, 2.24) is 15.0 Å². The number of anilines is 1. The molecule has 0 saturated heterocycles. The first-order valence-electron chi connectivity index (χ1n) is 6.69. The number of aryl methyl sites for hydroxylation is 1. The molecule has 0 aromatic carbocycles. The summed E-state index contributed by atoms with van der Waals surface area (Å²) >= 11 is 0. The first-order chi connectivity index (χ1) is 9.20. The highest BCUT2D eigenvalue weighted by atomic mass is 15.1. The van der Waals surface area contributed by atoms with Crippen LogP contribution in [0.3, 0.4) is 0 Å². The molecule has 2 aromatic rings. The molecule has 0 fully saturated rings. The van der Waals surface area contributed by atoms with Crippen molar-refractivity contribution in [1.29, 1.82) is 0 Å². The Hall–Kier alpha value is -1.97. The van der Waals surface area contributed by atoms with Crippen LogP contribution in [0.1, 0.15) is 38.1 Å². The average Bonchev–Trinajstić information content (AvgIpc) is 2.46. The van der Waals surface area contributed by atoms with Crippen LogP contribution in [0.2, 0.25) is 0 Å². The highest BCUT2D eigenvalue weighted by molar-refractivity contribution is 5.30. The van der Waals surface area contributed by atoms with Crippen LogP contribution in [0.15, 0.2) is 36.8 Å². The van der Waals surface area contributed by atoms with Gasteiger partial charge in [-0.05, 0) is 30.0 Å². The van der Waals surface area contributed by atoms with Crippen LogP contribution in [-0.4, -0.2) is 15.0 Å². The third kappa shape index (κ3) is 3.50. The van der Waals surface area contributed by atoms with E-state index in [9.17, 15) is 0 Å². The Morgan fingerprint density at radius 3 is 2.37 bits per heavy atom. The third-order valence-electron chi connectivity index (χ3n) is 3.07. The van der Waals surface area contributed by atoms with Gasteiger partial charge < -0.3 is 5.32 Å². The van der Waals surface area contributed by atoms with Gasteiger partial charge in [-0.15, -0.1) is 0 Å². The van der Waals surface area contributed by atoms with Gasteiger partial charge in [0.05, 0.1) is 11.7 Å². The number of hydrogen-bond donors (Lipinski definition) is 1. The minimum atomic E-state index is 0.119. The van der Waals surface area contributed by atoms with E-state index in [4.69, 9.17) is 0 Å². The minimum absolute atomic E-state index is 0.119. The molecule has 19 heavy (non-hydrogen) atoms. The van der Waals surface area contributed by atoms with Crippen LogP contribution >= 0.6 is 0 Å². The fourth-order valence-corrected chi connectivity index (χ4v) is 1.89. The van der Waals surface area contributed by atoms with E-state index < -0.39 is 0 Å². The smallest absolute Gasteiger partial charge is 0.223 e. The Kier molecular flexibility index (Phi) is 4.44. The van der Waals surface area contributed by atoms with Crippen LogP contribution in [0.4, 0.5) is 5.95 Å². The molecule has 0 bridgehead atoms. The lowest BCUT2D eigenvalue weighted by Gasteiger charge is -2.21. The molecule has 2 aromatic heterocycles. The minimum Gasteiger partial charge on any atom is -0.346 e. The van der Waals surface area contributed by atoms with Gasteiger partial charge in [0.15, 0.2) is 0 Å². The van der Waals surface area contributed by atoms with Crippen molar-refractivity contribution in [3.63, 3.8) is 0 Å². The molecule has 4 nitrogen and oxygen atoms in total. The quantitative estimate of drug-likeness (QED) is 0.892. The van der Waals surface area contributed by atoms with Crippen LogP contribution < -0.4 is 5.32 Å². The van der Waals surface area contributed by atoms with Crippen LogP contribution in [0.25, 0.3) is 0 Å². The molecular weight excluding hydrogens is 236 g/mol. The van der Waals surface area contributed by atoms with Gasteiger partial charge >= 0.3 is 0 Å². The van der Waals surface area contributed by atoms with Gasteiger partial charge in [-0.25, -0.2) is 9.97 Å². The lowest BCUT2D eigenvalue weighted by Crippen LogP contribution is -2.19. The first-order valence-corrected chi connectivity index (χ1v) is 6.69. The molecule has 100 valence electrons. The molecule has 2 rings (SSSR count). The lowest BCUT2D eigenvalue weighted by atomic mass is 10.0. The highest BCUT2D eigenvalue weighted by Crippen LogP contribution is 2.23. The topological polar surface area (TPSA) is 50.7 Å². The van der Waals surface area contributed by atoms with E-state index in [1.165, 1.54) is 0 Å². The molecule has 4 heteroatoms. The number of aromatic nitrogens is 3. The Balaban J connectivity index is 2.17. The zero-order valence-corrected chi connectivity index (χ0v) is 11.7. The lowest BCUT2D eigenvalue weighted by molar-refractivity contribution is 0.531. The maximum absolute atomic E-state index is 4.41. The molecule has 0 spiro atoms. The summed E-state index contributed by atoms with van der Waals surface area (Å²) < 4.78 is 0. The number of hydrogen-bond acceptors (Lipinski definition) is 4. The summed E-state index contributed by atoms with van der Waals surface area (Å²) in [6, 6.07) is 6.07. The van der Waals surface area contributed by atoms with E-state index >= 15 is 0 Å². The van der Waals surface area contributed by atoms with Gasteiger partial charge in [-0.2, -0.15) is 0 Å². The molecule has 2 heterocycles. The summed E-state index contributed by atoms with van der Waals surface area (Å²) in [5.74, 6) is 1.06. The van der Waals surface area contributed by atoms with Gasteiger partial charge in [0.1, 0.15) is 0 Å². The second kappa shape index (κ2) is 6.27. The summed E-state index contributed by atoms with van der Waals surface area (Å²) in [6.07, 6.45) is 6.50. The number of rotatable bonds is 5. The number of nitrogens with zero attached hydrogens (tertiary/aromatic N) is 3. The van der Waals surface area contributed by atoms with Gasteiger partial charge in [0.25, 0.3) is 0 Å². The van der Waals surface area contributed by atoms with E-state index in [0.717, 1.165) is 17.7 Å². The summed E-state index contributed by atoms with van der Waals surface area (Å²) in [6.45, 7) is 6.41. The van der Waals surface area contributed by atoms with Crippen molar-refractivity contribution in [3.05, 3.63) is 48.0 Å². The monoisotopic (exact) mass is 256 g/mol. The Bertz CT molecular complexity index is 493. The fraction of sp³-hybridized carbons (Fsp3) is 0.400. The second-order valence-corrected chi connectivity index (χ2v) is 4.89. The molecule has 1 atom stereocenters. The second-order valence-electron chi connectivity index (χ2n) is 4.89. The molecule has 0 aliphatic carbocycles. The van der Waals surface area contributed by atoms with Gasteiger partial charge in [0, 0.05) is 18.6 Å². The van der Waals surface area contributed by atoms with Crippen LogP contribution in [0, 0.1) is 5.92 Å². The molecule has 1 N–H and O–H groups in total. The van der Waals surface area contributed by atoms with Crippen molar-refractivity contribution < 1.29 is 0 Å². The largest absolute Gasteiger partial charge is 0.346 e. The van der Waals surface area contributed by atoms with Crippen molar-refractivity contribution in [2.24, 2.45) is 5.92 Å². The molecule has 0 unspecified atom stereocenters. The molecule has 0 amide bonds. The molecular formula is C15H20N4. The molecule has 0 radical (unpaired) electrons. The SMILES string of the molecule is CCc1cnc(N[C@@H](c2ccccn2)C(C)C)nc1. The molecule has 0 aliphatic rings. The molecule has 0 saturated carbocycles. The highest BCUT2D eigenvalue weighted by Gasteiger charge is 2.17. The maximum atomic E-state index is 4.41. The predicted molar refractivity (Wildman–Crippen MR) is 76.8 cm³/mol. The fourth-order valence-electron chi connectivity index (χ4n) is 1.89. The van der Waals surface area contributed by atoms with E-state index in [2.05, 4.69) is 41.0 Å². The van der Waals surface area contributed by atoms with E-state index in [1.807, 2.05) is 36.8 Å². The summed E-state index contributed by atoms with van der Waals surface area (Å²) in [7, 11) is 0. The van der Waals surface area contributed by atoms with Crippen molar-refractivity contribution in [2.45, 2.75) is 33.2 Å². The zero-order valence-electron chi connectivity index (χ0n) is 11.7.